The van der Waals surface area contributed by atoms with Crippen LogP contribution in [0.15, 0.2) is 78.9 Å². The molecule has 0 saturated carbocycles. The molecule has 33 heavy (non-hydrogen) atoms. The Balaban J connectivity index is 1.56. The minimum absolute atomic E-state index is 0.0467. The van der Waals surface area contributed by atoms with Crippen molar-refractivity contribution in [2.75, 3.05) is 18.6 Å². The summed E-state index contributed by atoms with van der Waals surface area (Å²) in [7, 11) is 1.58. The number of imidazole rings is 1. The van der Waals surface area contributed by atoms with Crippen molar-refractivity contribution in [1.82, 2.24) is 14.9 Å². The monoisotopic (exact) mass is 442 g/mol. The van der Waals surface area contributed by atoms with Gasteiger partial charge in [0.05, 0.1) is 24.7 Å². The van der Waals surface area contributed by atoms with Gasteiger partial charge < -0.3 is 19.5 Å². The van der Waals surface area contributed by atoms with Crippen molar-refractivity contribution in [2.45, 2.75) is 20.0 Å². The third-order valence-corrected chi connectivity index (χ3v) is 5.47. The first-order valence-corrected chi connectivity index (χ1v) is 10.8. The fourth-order valence-electron chi connectivity index (χ4n) is 3.77. The molecule has 0 aliphatic heterocycles. The molecule has 1 aromatic heterocycles. The molecule has 2 amide bonds. The van der Waals surface area contributed by atoms with Crippen molar-refractivity contribution >= 4 is 28.5 Å². The minimum Gasteiger partial charge on any atom is -0.497 e. The van der Waals surface area contributed by atoms with Crippen LogP contribution in [-0.4, -0.2) is 35.0 Å². The van der Waals surface area contributed by atoms with E-state index in [1.165, 1.54) is 0 Å². The van der Waals surface area contributed by atoms with Crippen LogP contribution in [-0.2, 0) is 17.9 Å². The van der Waals surface area contributed by atoms with Gasteiger partial charge in [-0.05, 0) is 55.5 Å². The van der Waals surface area contributed by atoms with Crippen LogP contribution in [0.3, 0.4) is 0 Å². The summed E-state index contributed by atoms with van der Waals surface area (Å²) in [5, 5.41) is 2.91. The molecular weight excluding hydrogens is 416 g/mol. The van der Waals surface area contributed by atoms with Crippen LogP contribution in [0, 0.1) is 0 Å². The van der Waals surface area contributed by atoms with E-state index in [0.29, 0.717) is 23.7 Å². The number of ether oxygens (including phenoxy) is 1. The van der Waals surface area contributed by atoms with E-state index < -0.39 is 0 Å². The maximum Gasteiger partial charge on any atom is 0.251 e. The number of aromatic nitrogens is 2. The first kappa shape index (κ1) is 22.1. The molecule has 0 aliphatic rings. The Hall–Kier alpha value is -4.13. The maximum atomic E-state index is 13.2. The van der Waals surface area contributed by atoms with Crippen molar-refractivity contribution in [2.24, 2.45) is 0 Å². The first-order chi connectivity index (χ1) is 16.1. The van der Waals surface area contributed by atoms with E-state index in [-0.39, 0.29) is 24.9 Å². The summed E-state index contributed by atoms with van der Waals surface area (Å²) in [5.74, 6) is 1.04. The number of hydrogen-bond donors (Lipinski definition) is 1. The molecule has 168 valence electrons. The van der Waals surface area contributed by atoms with E-state index >= 15 is 0 Å². The number of fused-ring (bicyclic) bond motifs is 1. The van der Waals surface area contributed by atoms with Gasteiger partial charge in [-0.15, -0.1) is 0 Å². The summed E-state index contributed by atoms with van der Waals surface area (Å²) in [6.07, 6.45) is 0. The van der Waals surface area contributed by atoms with Crippen LogP contribution in [0.2, 0.25) is 0 Å². The van der Waals surface area contributed by atoms with Crippen molar-refractivity contribution < 1.29 is 14.3 Å². The Bertz CT molecular complexity index is 1250. The lowest BCUT2D eigenvalue weighted by Gasteiger charge is -2.22. The number of amides is 2. The van der Waals surface area contributed by atoms with Gasteiger partial charge in [-0.2, -0.15) is 0 Å². The number of likely N-dealkylation sites (N-methyl/N-ethyl adjacent to an activating group) is 1. The number of hydrogen-bond acceptors (Lipinski definition) is 4. The molecule has 0 saturated heterocycles. The van der Waals surface area contributed by atoms with Crippen molar-refractivity contribution in [3.63, 3.8) is 0 Å². The van der Waals surface area contributed by atoms with E-state index in [4.69, 9.17) is 4.74 Å². The van der Waals surface area contributed by atoms with E-state index in [2.05, 4.69) is 10.3 Å². The normalized spacial score (nSPS) is 10.7. The van der Waals surface area contributed by atoms with Gasteiger partial charge >= 0.3 is 0 Å². The zero-order chi connectivity index (χ0) is 23.2. The number of anilines is 1. The topological polar surface area (TPSA) is 76.5 Å². The quantitative estimate of drug-likeness (QED) is 0.447. The number of rotatable bonds is 8. The predicted octanol–water partition coefficient (Wildman–Crippen LogP) is 4.03. The molecule has 0 bridgehead atoms. The number of methoxy groups -OCH3 is 1. The van der Waals surface area contributed by atoms with E-state index in [1.807, 2.05) is 66.1 Å². The fourth-order valence-corrected chi connectivity index (χ4v) is 3.77. The zero-order valence-electron chi connectivity index (χ0n) is 18.7. The molecule has 4 rings (SSSR count). The SMILES string of the molecule is CCN(C(=O)Cn1c(CNC(=O)c2ccc(OC)cc2)nc2ccccc21)c1ccccc1. The summed E-state index contributed by atoms with van der Waals surface area (Å²) in [6, 6.07) is 24.2. The highest BCUT2D eigenvalue weighted by atomic mass is 16.5. The van der Waals surface area contributed by atoms with Gasteiger partial charge in [0.1, 0.15) is 18.1 Å². The van der Waals surface area contributed by atoms with Gasteiger partial charge in [0.25, 0.3) is 5.91 Å². The molecule has 3 aromatic carbocycles. The van der Waals surface area contributed by atoms with E-state index in [0.717, 1.165) is 16.7 Å². The lowest BCUT2D eigenvalue weighted by Crippen LogP contribution is -2.34. The van der Waals surface area contributed by atoms with Gasteiger partial charge in [0.15, 0.2) is 0 Å². The highest BCUT2D eigenvalue weighted by Crippen LogP contribution is 2.19. The highest BCUT2D eigenvalue weighted by Gasteiger charge is 2.19. The third-order valence-electron chi connectivity index (χ3n) is 5.47. The largest absolute Gasteiger partial charge is 0.497 e. The summed E-state index contributed by atoms with van der Waals surface area (Å²) in [6.45, 7) is 2.83. The number of nitrogens with one attached hydrogen (secondary N) is 1. The smallest absolute Gasteiger partial charge is 0.251 e. The molecule has 1 N–H and O–H groups in total. The fraction of sp³-hybridized carbons (Fsp3) is 0.192. The molecule has 7 heteroatoms. The van der Waals surface area contributed by atoms with Gasteiger partial charge in [0.2, 0.25) is 5.91 Å². The minimum atomic E-state index is -0.220. The Morgan fingerprint density at radius 3 is 2.36 bits per heavy atom. The molecule has 0 radical (unpaired) electrons. The third kappa shape index (κ3) is 4.87. The molecule has 7 nitrogen and oxygen atoms in total. The van der Waals surface area contributed by atoms with Crippen LogP contribution in [0.4, 0.5) is 5.69 Å². The van der Waals surface area contributed by atoms with Gasteiger partial charge in [-0.1, -0.05) is 30.3 Å². The number of nitrogens with zero attached hydrogens (tertiary/aromatic N) is 3. The second-order valence-electron chi connectivity index (χ2n) is 7.49. The predicted molar refractivity (Wildman–Crippen MR) is 128 cm³/mol. The molecule has 0 spiro atoms. The van der Waals surface area contributed by atoms with Gasteiger partial charge in [-0.25, -0.2) is 4.98 Å². The molecule has 4 aromatic rings. The lowest BCUT2D eigenvalue weighted by molar-refractivity contribution is -0.119. The number of carbonyl (C=O) groups excluding carboxylic acids is 2. The molecule has 0 unspecified atom stereocenters. The first-order valence-electron chi connectivity index (χ1n) is 10.8. The molecule has 0 aliphatic carbocycles. The molecular formula is C26H26N4O3. The average Bonchev–Trinajstić information content (AvgIpc) is 3.21. The Kier molecular flexibility index (Phi) is 6.69. The Morgan fingerprint density at radius 1 is 0.970 bits per heavy atom. The van der Waals surface area contributed by atoms with Crippen LogP contribution in [0.1, 0.15) is 23.1 Å². The number of benzene rings is 3. The summed E-state index contributed by atoms with van der Waals surface area (Å²) < 4.78 is 7.02. The maximum absolute atomic E-state index is 13.2. The van der Waals surface area contributed by atoms with E-state index in [9.17, 15) is 9.59 Å². The Morgan fingerprint density at radius 2 is 1.67 bits per heavy atom. The Labute approximate surface area is 192 Å². The average molecular weight is 443 g/mol. The van der Waals surface area contributed by atoms with Crippen molar-refractivity contribution in [3.8, 4) is 5.75 Å². The van der Waals surface area contributed by atoms with Crippen molar-refractivity contribution in [1.29, 1.82) is 0 Å². The second kappa shape index (κ2) is 9.99. The number of carbonyl (C=O) groups is 2. The van der Waals surface area contributed by atoms with E-state index in [1.54, 1.807) is 36.3 Å². The molecule has 0 fully saturated rings. The van der Waals surface area contributed by atoms with Gasteiger partial charge in [-0.3, -0.25) is 9.59 Å². The zero-order valence-corrected chi connectivity index (χ0v) is 18.7. The second-order valence-corrected chi connectivity index (χ2v) is 7.49. The summed E-state index contributed by atoms with van der Waals surface area (Å²) in [4.78, 5) is 32.3. The van der Waals surface area contributed by atoms with Crippen molar-refractivity contribution in [3.05, 3.63) is 90.3 Å². The molecule has 1 heterocycles. The standard InChI is InChI=1S/C26H26N4O3/c1-3-29(20-9-5-4-6-10-20)25(31)18-30-23-12-8-7-11-22(23)28-24(30)17-27-26(32)19-13-15-21(33-2)16-14-19/h4-16H,3,17-18H2,1-2H3,(H,27,32). The van der Waals surface area contributed by atoms with Crippen LogP contribution >= 0.6 is 0 Å². The lowest BCUT2D eigenvalue weighted by atomic mass is 10.2. The molecule has 0 atom stereocenters. The number of para-hydroxylation sites is 3. The van der Waals surface area contributed by atoms with Gasteiger partial charge in [0, 0.05) is 17.8 Å². The van der Waals surface area contributed by atoms with Crippen LogP contribution in [0.5, 0.6) is 5.75 Å². The summed E-state index contributed by atoms with van der Waals surface area (Å²) in [5.41, 5.74) is 3.00. The van der Waals surface area contributed by atoms with Crippen LogP contribution in [0.25, 0.3) is 11.0 Å². The summed E-state index contributed by atoms with van der Waals surface area (Å²) >= 11 is 0. The highest BCUT2D eigenvalue weighted by molar-refractivity contribution is 5.95. The van der Waals surface area contributed by atoms with Crippen LogP contribution < -0.4 is 15.0 Å².